The Morgan fingerprint density at radius 3 is 2.81 bits per heavy atom. The summed E-state index contributed by atoms with van der Waals surface area (Å²) in [6, 6.07) is 9.60. The number of aliphatic imine (C=N–C) groups is 2. The quantitative estimate of drug-likeness (QED) is 0.188. The number of guanidine groups is 1. The van der Waals surface area contributed by atoms with Gasteiger partial charge in [0.05, 0.1) is 12.2 Å². The first-order valence-corrected chi connectivity index (χ1v) is 8.53. The van der Waals surface area contributed by atoms with Gasteiger partial charge in [-0.05, 0) is 30.7 Å². The third-order valence-corrected chi connectivity index (χ3v) is 3.50. The summed E-state index contributed by atoms with van der Waals surface area (Å²) in [4.78, 5) is 20.4. The van der Waals surface area contributed by atoms with Crippen LogP contribution in [0.4, 0.5) is 0 Å². The van der Waals surface area contributed by atoms with Crippen LogP contribution in [0.1, 0.15) is 12.0 Å². The third-order valence-electron chi connectivity index (χ3n) is 3.50. The lowest BCUT2D eigenvalue weighted by molar-refractivity contribution is -0.114. The molecule has 0 fully saturated rings. The number of nitrogens with two attached hydrogens (primary N) is 2. The van der Waals surface area contributed by atoms with E-state index in [1.807, 2.05) is 36.5 Å². The van der Waals surface area contributed by atoms with E-state index in [0.717, 1.165) is 11.3 Å². The summed E-state index contributed by atoms with van der Waals surface area (Å²) in [6.45, 7) is 1.25. The average Bonchev–Trinajstić information content (AvgIpc) is 3.21. The first kappa shape index (κ1) is 20.1. The van der Waals surface area contributed by atoms with Gasteiger partial charge in [-0.1, -0.05) is 18.2 Å². The maximum Gasteiger partial charge on any atom is 0.286 e. The van der Waals surface area contributed by atoms with E-state index in [1.165, 1.54) is 0 Å². The minimum atomic E-state index is -0.467. The summed E-state index contributed by atoms with van der Waals surface area (Å²) in [5.41, 5.74) is 18.5. The molecule has 0 aliphatic carbocycles. The van der Waals surface area contributed by atoms with Crippen LogP contribution in [0.3, 0.4) is 0 Å². The standard InChI is InChI=1S/C17H25N9O/c1-20-25-17(24-15(19)16(27)21-9-4-8-18)22-12-13-6-2-3-7-14(13)26-11-5-10-23-26/h2-3,5-7,10-11,20H,4,8-9,12,18H2,1H3,(H,21,27)(H3,19,22,24,25). The molecule has 0 unspecified atom stereocenters. The largest absolute Gasteiger partial charge is 0.379 e. The van der Waals surface area contributed by atoms with Gasteiger partial charge in [-0.25, -0.2) is 15.1 Å². The second-order valence-corrected chi connectivity index (χ2v) is 5.49. The summed E-state index contributed by atoms with van der Waals surface area (Å²) in [6.07, 6.45) is 4.23. The molecule has 10 nitrogen and oxygen atoms in total. The van der Waals surface area contributed by atoms with Gasteiger partial charge in [0, 0.05) is 26.0 Å². The number of carbonyl (C=O) groups excluding carboxylic acids is 1. The molecule has 0 bridgehead atoms. The molecular weight excluding hydrogens is 346 g/mol. The van der Waals surface area contributed by atoms with Crippen LogP contribution in [0, 0.1) is 0 Å². The number of amides is 1. The molecule has 0 saturated heterocycles. The van der Waals surface area contributed by atoms with E-state index in [9.17, 15) is 4.79 Å². The molecule has 144 valence electrons. The number of nitrogens with one attached hydrogen (secondary N) is 3. The molecule has 0 spiro atoms. The van der Waals surface area contributed by atoms with Crippen LogP contribution < -0.4 is 27.6 Å². The van der Waals surface area contributed by atoms with Gasteiger partial charge < -0.3 is 16.8 Å². The Hall–Kier alpha value is -3.24. The van der Waals surface area contributed by atoms with Crippen molar-refractivity contribution in [1.29, 1.82) is 0 Å². The Kier molecular flexibility index (Phi) is 7.94. The molecule has 0 atom stereocenters. The Bertz CT molecular complexity index is 783. The molecule has 0 aliphatic rings. The van der Waals surface area contributed by atoms with E-state index < -0.39 is 5.91 Å². The van der Waals surface area contributed by atoms with Gasteiger partial charge in [0.15, 0.2) is 5.84 Å². The predicted octanol–water partition coefficient (Wildman–Crippen LogP) is -0.725. The number of hydrogen-bond donors (Lipinski definition) is 5. The van der Waals surface area contributed by atoms with Crippen molar-refractivity contribution < 1.29 is 4.79 Å². The fourth-order valence-electron chi connectivity index (χ4n) is 2.21. The molecule has 1 aromatic carbocycles. The van der Waals surface area contributed by atoms with E-state index in [4.69, 9.17) is 11.5 Å². The van der Waals surface area contributed by atoms with Gasteiger partial charge in [-0.15, -0.1) is 0 Å². The van der Waals surface area contributed by atoms with E-state index >= 15 is 0 Å². The normalized spacial score (nSPS) is 12.1. The first-order valence-electron chi connectivity index (χ1n) is 8.53. The molecule has 1 heterocycles. The summed E-state index contributed by atoms with van der Waals surface area (Å²) >= 11 is 0. The third kappa shape index (κ3) is 6.20. The van der Waals surface area contributed by atoms with Gasteiger partial charge in [-0.2, -0.15) is 10.1 Å². The molecule has 2 rings (SSSR count). The van der Waals surface area contributed by atoms with Crippen LogP contribution in [-0.4, -0.2) is 47.6 Å². The number of rotatable bonds is 7. The highest BCUT2D eigenvalue weighted by molar-refractivity contribution is 6.38. The zero-order chi connectivity index (χ0) is 19.5. The second kappa shape index (κ2) is 10.7. The molecule has 2 aromatic rings. The maximum atomic E-state index is 11.9. The van der Waals surface area contributed by atoms with Gasteiger partial charge in [0.2, 0.25) is 5.96 Å². The van der Waals surface area contributed by atoms with Crippen molar-refractivity contribution in [3.05, 3.63) is 48.3 Å². The number of hydrazine groups is 1. The Labute approximate surface area is 157 Å². The van der Waals surface area contributed by atoms with Crippen molar-refractivity contribution >= 4 is 17.7 Å². The number of hydrogen-bond acceptors (Lipinski definition) is 5. The lowest BCUT2D eigenvalue weighted by atomic mass is 10.2. The molecule has 27 heavy (non-hydrogen) atoms. The summed E-state index contributed by atoms with van der Waals surface area (Å²) < 4.78 is 1.76. The summed E-state index contributed by atoms with van der Waals surface area (Å²) in [5, 5.41) is 6.89. The zero-order valence-electron chi connectivity index (χ0n) is 15.2. The fraction of sp³-hybridized carbons (Fsp3) is 0.294. The maximum absolute atomic E-state index is 11.9. The number of benzene rings is 1. The molecule has 0 radical (unpaired) electrons. The average molecular weight is 371 g/mol. The minimum absolute atomic E-state index is 0.186. The number of para-hydroxylation sites is 1. The monoisotopic (exact) mass is 371 g/mol. The zero-order valence-corrected chi connectivity index (χ0v) is 15.2. The van der Waals surface area contributed by atoms with E-state index in [2.05, 4.69) is 31.3 Å². The molecule has 0 aliphatic heterocycles. The number of carbonyl (C=O) groups is 1. The molecule has 1 amide bonds. The predicted molar refractivity (Wildman–Crippen MR) is 105 cm³/mol. The Morgan fingerprint density at radius 1 is 1.30 bits per heavy atom. The van der Waals surface area contributed by atoms with Crippen molar-refractivity contribution in [2.24, 2.45) is 21.5 Å². The fourth-order valence-corrected chi connectivity index (χ4v) is 2.21. The van der Waals surface area contributed by atoms with Gasteiger partial charge in [0.1, 0.15) is 0 Å². The van der Waals surface area contributed by atoms with Gasteiger partial charge in [0.25, 0.3) is 5.91 Å². The molecular formula is C17H25N9O. The van der Waals surface area contributed by atoms with Crippen LogP contribution in [0.2, 0.25) is 0 Å². The van der Waals surface area contributed by atoms with Crippen molar-refractivity contribution in [3.8, 4) is 5.69 Å². The molecule has 10 heteroatoms. The van der Waals surface area contributed by atoms with Crippen molar-refractivity contribution in [2.45, 2.75) is 13.0 Å². The highest BCUT2D eigenvalue weighted by atomic mass is 16.2. The SMILES string of the molecule is CNNC(=NCc1ccccc1-n1cccn1)N=C(N)C(=O)NCCCN. The second-order valence-electron chi connectivity index (χ2n) is 5.49. The lowest BCUT2D eigenvalue weighted by Crippen LogP contribution is -2.40. The minimum Gasteiger partial charge on any atom is -0.379 e. The van der Waals surface area contributed by atoms with Gasteiger partial charge >= 0.3 is 0 Å². The van der Waals surface area contributed by atoms with Crippen molar-refractivity contribution in [1.82, 2.24) is 25.9 Å². The number of nitrogens with zero attached hydrogens (tertiary/aromatic N) is 4. The highest BCUT2D eigenvalue weighted by Gasteiger charge is 2.09. The summed E-state index contributed by atoms with van der Waals surface area (Å²) in [5.74, 6) is -0.459. The Balaban J connectivity index is 2.14. The molecule has 7 N–H and O–H groups in total. The molecule has 0 saturated carbocycles. The van der Waals surface area contributed by atoms with E-state index in [-0.39, 0.29) is 11.8 Å². The van der Waals surface area contributed by atoms with Crippen LogP contribution in [0.5, 0.6) is 0 Å². The van der Waals surface area contributed by atoms with Gasteiger partial charge in [-0.3, -0.25) is 10.2 Å². The van der Waals surface area contributed by atoms with Crippen molar-refractivity contribution in [3.63, 3.8) is 0 Å². The van der Waals surface area contributed by atoms with Crippen LogP contribution in [-0.2, 0) is 11.3 Å². The first-order chi connectivity index (χ1) is 13.2. The van der Waals surface area contributed by atoms with E-state index in [1.54, 1.807) is 17.9 Å². The Morgan fingerprint density at radius 2 is 2.11 bits per heavy atom. The highest BCUT2D eigenvalue weighted by Crippen LogP contribution is 2.14. The van der Waals surface area contributed by atoms with Crippen LogP contribution >= 0.6 is 0 Å². The lowest BCUT2D eigenvalue weighted by Gasteiger charge is -2.09. The topological polar surface area (TPSA) is 148 Å². The summed E-state index contributed by atoms with van der Waals surface area (Å²) in [7, 11) is 1.67. The number of amidine groups is 1. The van der Waals surface area contributed by atoms with Crippen LogP contribution in [0.25, 0.3) is 5.69 Å². The number of aromatic nitrogens is 2. The van der Waals surface area contributed by atoms with Crippen LogP contribution in [0.15, 0.2) is 52.7 Å². The van der Waals surface area contributed by atoms with E-state index in [0.29, 0.717) is 26.1 Å². The smallest absolute Gasteiger partial charge is 0.286 e. The van der Waals surface area contributed by atoms with Crippen molar-refractivity contribution in [2.75, 3.05) is 20.1 Å². The molecule has 1 aromatic heterocycles.